The van der Waals surface area contributed by atoms with Crippen molar-refractivity contribution >= 4 is 5.91 Å². The second-order valence-corrected chi connectivity index (χ2v) is 3.54. The minimum Gasteiger partial charge on any atom is -0.395 e. The predicted octanol–water partition coefficient (Wildman–Crippen LogP) is 0.396. The number of ether oxygens (including phenoxy) is 1. The lowest BCUT2D eigenvalue weighted by Crippen LogP contribution is -2.35. The number of carbonyl (C=O) groups is 1. The third-order valence-electron chi connectivity index (χ3n) is 2.53. The van der Waals surface area contributed by atoms with Crippen LogP contribution in [-0.4, -0.2) is 48.3 Å². The van der Waals surface area contributed by atoms with E-state index < -0.39 is 0 Å². The van der Waals surface area contributed by atoms with Gasteiger partial charge in [-0.15, -0.1) is 0 Å². The minimum atomic E-state index is 0.0328. The van der Waals surface area contributed by atoms with Crippen molar-refractivity contribution in [3.05, 3.63) is 0 Å². The van der Waals surface area contributed by atoms with Gasteiger partial charge < -0.3 is 14.7 Å². The molecule has 0 aromatic rings. The van der Waals surface area contributed by atoms with Crippen LogP contribution in [-0.2, 0) is 9.53 Å². The first-order valence-corrected chi connectivity index (χ1v) is 5.28. The molecule has 0 aromatic heterocycles. The molecule has 4 nitrogen and oxygen atoms in total. The molecule has 1 aliphatic rings. The SMILES string of the molecule is CCN(CCO)C(=O)CC1CCCO1. The quantitative estimate of drug-likeness (QED) is 0.700. The van der Waals surface area contributed by atoms with Crippen molar-refractivity contribution in [1.82, 2.24) is 4.90 Å². The molecule has 1 heterocycles. The maximum Gasteiger partial charge on any atom is 0.225 e. The van der Waals surface area contributed by atoms with Crippen LogP contribution in [0.2, 0.25) is 0 Å². The molecule has 14 heavy (non-hydrogen) atoms. The van der Waals surface area contributed by atoms with Crippen LogP contribution in [0.4, 0.5) is 0 Å². The van der Waals surface area contributed by atoms with E-state index in [1.165, 1.54) is 0 Å². The van der Waals surface area contributed by atoms with E-state index in [4.69, 9.17) is 9.84 Å². The molecule has 1 saturated heterocycles. The Morgan fingerprint density at radius 2 is 2.43 bits per heavy atom. The Morgan fingerprint density at radius 1 is 1.64 bits per heavy atom. The first-order chi connectivity index (χ1) is 6.77. The average Bonchev–Trinajstić information content (AvgIpc) is 2.66. The van der Waals surface area contributed by atoms with Crippen LogP contribution in [0.25, 0.3) is 0 Å². The van der Waals surface area contributed by atoms with Gasteiger partial charge in [0.1, 0.15) is 0 Å². The van der Waals surface area contributed by atoms with Gasteiger partial charge in [0.15, 0.2) is 0 Å². The number of hydrogen-bond donors (Lipinski definition) is 1. The molecule has 1 aliphatic heterocycles. The highest BCUT2D eigenvalue weighted by Gasteiger charge is 2.21. The van der Waals surface area contributed by atoms with Crippen molar-refractivity contribution in [3.8, 4) is 0 Å². The number of nitrogens with zero attached hydrogens (tertiary/aromatic N) is 1. The third kappa shape index (κ3) is 3.27. The van der Waals surface area contributed by atoms with E-state index in [0.29, 0.717) is 19.5 Å². The van der Waals surface area contributed by atoms with Crippen LogP contribution in [0, 0.1) is 0 Å². The number of likely N-dealkylation sites (N-methyl/N-ethyl adjacent to an activating group) is 1. The number of aliphatic hydroxyl groups is 1. The molecule has 0 saturated carbocycles. The van der Waals surface area contributed by atoms with E-state index in [2.05, 4.69) is 0 Å². The lowest BCUT2D eigenvalue weighted by atomic mass is 10.1. The molecule has 82 valence electrons. The fourth-order valence-electron chi connectivity index (χ4n) is 1.71. The molecule has 4 heteroatoms. The van der Waals surface area contributed by atoms with Crippen molar-refractivity contribution in [2.45, 2.75) is 32.3 Å². The minimum absolute atomic E-state index is 0.0328. The number of aliphatic hydroxyl groups excluding tert-OH is 1. The molecule has 1 unspecified atom stereocenters. The Balaban J connectivity index is 2.30. The van der Waals surface area contributed by atoms with Gasteiger partial charge in [0.05, 0.1) is 19.1 Å². The van der Waals surface area contributed by atoms with Crippen LogP contribution in [0.3, 0.4) is 0 Å². The Bertz CT molecular complexity index is 178. The first-order valence-electron chi connectivity index (χ1n) is 5.28. The molecular weight excluding hydrogens is 182 g/mol. The monoisotopic (exact) mass is 201 g/mol. The smallest absolute Gasteiger partial charge is 0.225 e. The maximum atomic E-state index is 11.7. The predicted molar refractivity (Wildman–Crippen MR) is 52.9 cm³/mol. The van der Waals surface area contributed by atoms with Crippen LogP contribution in [0.15, 0.2) is 0 Å². The average molecular weight is 201 g/mol. The topological polar surface area (TPSA) is 49.8 Å². The van der Waals surface area contributed by atoms with Crippen molar-refractivity contribution in [1.29, 1.82) is 0 Å². The van der Waals surface area contributed by atoms with Gasteiger partial charge in [-0.1, -0.05) is 0 Å². The van der Waals surface area contributed by atoms with E-state index in [9.17, 15) is 4.79 Å². The molecule has 0 aromatic carbocycles. The Labute approximate surface area is 84.8 Å². The summed E-state index contributed by atoms with van der Waals surface area (Å²) in [6.07, 6.45) is 2.62. The number of carbonyl (C=O) groups excluding carboxylic acids is 1. The van der Waals surface area contributed by atoms with Crippen LogP contribution in [0.5, 0.6) is 0 Å². The zero-order valence-electron chi connectivity index (χ0n) is 8.74. The molecule has 1 fully saturated rings. The molecule has 0 aliphatic carbocycles. The van der Waals surface area contributed by atoms with E-state index in [-0.39, 0.29) is 18.6 Å². The molecule has 1 rings (SSSR count). The molecule has 1 N–H and O–H groups in total. The van der Waals surface area contributed by atoms with E-state index >= 15 is 0 Å². The maximum absolute atomic E-state index is 11.7. The fourth-order valence-corrected chi connectivity index (χ4v) is 1.71. The van der Waals surface area contributed by atoms with Gasteiger partial charge in [0.2, 0.25) is 5.91 Å². The highest BCUT2D eigenvalue weighted by Crippen LogP contribution is 2.16. The molecular formula is C10H19NO3. The summed E-state index contributed by atoms with van der Waals surface area (Å²) in [5, 5.41) is 8.75. The van der Waals surface area contributed by atoms with Crippen molar-refractivity contribution in [3.63, 3.8) is 0 Å². The van der Waals surface area contributed by atoms with Gasteiger partial charge in [-0.25, -0.2) is 0 Å². The highest BCUT2D eigenvalue weighted by atomic mass is 16.5. The van der Waals surface area contributed by atoms with Gasteiger partial charge in [0, 0.05) is 19.7 Å². The highest BCUT2D eigenvalue weighted by molar-refractivity contribution is 5.76. The number of hydrogen-bond acceptors (Lipinski definition) is 3. The second kappa shape index (κ2) is 5.98. The Morgan fingerprint density at radius 3 is 2.93 bits per heavy atom. The number of rotatable bonds is 5. The summed E-state index contributed by atoms with van der Waals surface area (Å²) < 4.78 is 5.39. The molecule has 0 radical (unpaired) electrons. The fraction of sp³-hybridized carbons (Fsp3) is 0.900. The van der Waals surface area contributed by atoms with E-state index in [1.807, 2.05) is 6.92 Å². The van der Waals surface area contributed by atoms with Crippen molar-refractivity contribution in [2.24, 2.45) is 0 Å². The summed E-state index contributed by atoms with van der Waals surface area (Å²) in [7, 11) is 0. The van der Waals surface area contributed by atoms with Crippen molar-refractivity contribution < 1.29 is 14.6 Å². The third-order valence-corrected chi connectivity index (χ3v) is 2.53. The van der Waals surface area contributed by atoms with Crippen LogP contribution < -0.4 is 0 Å². The summed E-state index contributed by atoms with van der Waals surface area (Å²) >= 11 is 0. The van der Waals surface area contributed by atoms with Gasteiger partial charge >= 0.3 is 0 Å². The summed E-state index contributed by atoms with van der Waals surface area (Å²) in [6, 6.07) is 0. The van der Waals surface area contributed by atoms with Gasteiger partial charge in [-0.2, -0.15) is 0 Å². The molecule has 1 amide bonds. The van der Waals surface area contributed by atoms with Crippen LogP contribution >= 0.6 is 0 Å². The standard InChI is InChI=1S/C10H19NO3/c1-2-11(5-6-12)10(13)8-9-4-3-7-14-9/h9,12H,2-8H2,1H3. The van der Waals surface area contributed by atoms with Gasteiger partial charge in [-0.3, -0.25) is 4.79 Å². The first kappa shape index (κ1) is 11.5. The summed E-state index contributed by atoms with van der Waals surface area (Å²) in [6.45, 7) is 3.83. The number of amides is 1. The summed E-state index contributed by atoms with van der Waals surface area (Å²) in [5.74, 6) is 0.0912. The van der Waals surface area contributed by atoms with Crippen LogP contribution in [0.1, 0.15) is 26.2 Å². The molecule has 0 bridgehead atoms. The molecule has 1 atom stereocenters. The van der Waals surface area contributed by atoms with E-state index in [1.54, 1.807) is 4.90 Å². The lowest BCUT2D eigenvalue weighted by Gasteiger charge is -2.21. The largest absolute Gasteiger partial charge is 0.395 e. The molecule has 0 spiro atoms. The zero-order chi connectivity index (χ0) is 10.4. The zero-order valence-corrected chi connectivity index (χ0v) is 8.74. The Hall–Kier alpha value is -0.610. The van der Waals surface area contributed by atoms with Crippen molar-refractivity contribution in [2.75, 3.05) is 26.3 Å². The van der Waals surface area contributed by atoms with Gasteiger partial charge in [-0.05, 0) is 19.8 Å². The van der Waals surface area contributed by atoms with Gasteiger partial charge in [0.25, 0.3) is 0 Å². The second-order valence-electron chi connectivity index (χ2n) is 3.54. The Kier molecular flexibility index (Phi) is 4.90. The summed E-state index contributed by atoms with van der Waals surface area (Å²) in [4.78, 5) is 13.3. The summed E-state index contributed by atoms with van der Waals surface area (Å²) in [5.41, 5.74) is 0. The lowest BCUT2D eigenvalue weighted by molar-refractivity contribution is -0.133. The van der Waals surface area contributed by atoms with E-state index in [0.717, 1.165) is 19.4 Å². The normalized spacial score (nSPS) is 21.1.